The molecule has 2 rings (SSSR count). The number of hydrogen-bond donors (Lipinski definition) is 1. The molecule has 118 valence electrons. The van der Waals surface area contributed by atoms with Gasteiger partial charge in [0.2, 0.25) is 0 Å². The second-order valence-corrected chi connectivity index (χ2v) is 4.91. The van der Waals surface area contributed by atoms with Crippen LogP contribution in [0.25, 0.3) is 0 Å². The zero-order chi connectivity index (χ0) is 15.2. The fourth-order valence-electron chi connectivity index (χ4n) is 2.62. The average Bonchev–Trinajstić information content (AvgIpc) is 2.49. The molecule has 0 unspecified atom stereocenters. The summed E-state index contributed by atoms with van der Waals surface area (Å²) in [6, 6.07) is 4.15. The Kier molecular flexibility index (Phi) is 5.76. The zero-order valence-electron chi connectivity index (χ0n) is 12.4. The molecule has 1 aliphatic heterocycles. The van der Waals surface area contributed by atoms with Crippen molar-refractivity contribution >= 4 is 0 Å². The smallest absolute Gasteiger partial charge is 0.258 e. The maximum absolute atomic E-state index is 13.5. The highest BCUT2D eigenvalue weighted by atomic mass is 19.3. The third-order valence-electron chi connectivity index (χ3n) is 3.61. The lowest BCUT2D eigenvalue weighted by Crippen LogP contribution is -2.46. The third-order valence-corrected chi connectivity index (χ3v) is 3.61. The highest BCUT2D eigenvalue weighted by molar-refractivity contribution is 5.44. The van der Waals surface area contributed by atoms with Gasteiger partial charge in [0.1, 0.15) is 0 Å². The van der Waals surface area contributed by atoms with Crippen molar-refractivity contribution in [3.8, 4) is 11.5 Å². The van der Waals surface area contributed by atoms with Crippen LogP contribution < -0.4 is 14.8 Å². The summed E-state index contributed by atoms with van der Waals surface area (Å²) in [4.78, 5) is 1.82. The molecule has 1 saturated heterocycles. The lowest BCUT2D eigenvalue weighted by molar-refractivity contribution is 0.0180. The standard InChI is InChI=1S/C15H22F2N2O2/c1-3-21-13-10-11(4-5-12(13)20-2)14(15(16)17)19-8-6-18-7-9-19/h4-5,10,14-15,18H,3,6-9H2,1-2H3/t14-/m0/s1. The van der Waals surface area contributed by atoms with Gasteiger partial charge in [-0.15, -0.1) is 0 Å². The minimum Gasteiger partial charge on any atom is -0.493 e. The summed E-state index contributed by atoms with van der Waals surface area (Å²) >= 11 is 0. The Morgan fingerprint density at radius 1 is 1.24 bits per heavy atom. The van der Waals surface area contributed by atoms with E-state index in [-0.39, 0.29) is 0 Å². The van der Waals surface area contributed by atoms with Crippen molar-refractivity contribution in [3.05, 3.63) is 23.8 Å². The highest BCUT2D eigenvalue weighted by Gasteiger charge is 2.30. The lowest BCUT2D eigenvalue weighted by Gasteiger charge is -2.34. The van der Waals surface area contributed by atoms with Crippen LogP contribution in [0.1, 0.15) is 18.5 Å². The van der Waals surface area contributed by atoms with Crippen LogP contribution in [0.4, 0.5) is 8.78 Å². The van der Waals surface area contributed by atoms with Crippen molar-refractivity contribution in [2.45, 2.75) is 19.4 Å². The van der Waals surface area contributed by atoms with E-state index >= 15 is 0 Å². The van der Waals surface area contributed by atoms with E-state index in [2.05, 4.69) is 5.32 Å². The summed E-state index contributed by atoms with van der Waals surface area (Å²) in [5.74, 6) is 1.08. The molecule has 1 N–H and O–H groups in total. The van der Waals surface area contributed by atoms with Gasteiger partial charge in [0.25, 0.3) is 6.43 Å². The Morgan fingerprint density at radius 2 is 1.95 bits per heavy atom. The monoisotopic (exact) mass is 300 g/mol. The van der Waals surface area contributed by atoms with Crippen molar-refractivity contribution < 1.29 is 18.3 Å². The Hall–Kier alpha value is -1.40. The number of nitrogens with one attached hydrogen (secondary N) is 1. The molecule has 0 amide bonds. The first-order valence-electron chi connectivity index (χ1n) is 7.21. The Labute approximate surface area is 124 Å². The number of piperazine rings is 1. The molecular formula is C15H22F2N2O2. The molecule has 1 atom stereocenters. The maximum atomic E-state index is 13.5. The van der Waals surface area contributed by atoms with Crippen molar-refractivity contribution in [1.82, 2.24) is 10.2 Å². The average molecular weight is 300 g/mol. The van der Waals surface area contributed by atoms with Gasteiger partial charge in [-0.3, -0.25) is 4.90 Å². The fourth-order valence-corrected chi connectivity index (χ4v) is 2.62. The second kappa shape index (κ2) is 7.56. The van der Waals surface area contributed by atoms with Crippen molar-refractivity contribution in [3.63, 3.8) is 0 Å². The van der Waals surface area contributed by atoms with Crippen LogP contribution in [0.2, 0.25) is 0 Å². The van der Waals surface area contributed by atoms with E-state index in [9.17, 15) is 8.78 Å². The van der Waals surface area contributed by atoms with E-state index in [1.54, 1.807) is 25.3 Å². The molecule has 0 saturated carbocycles. The minimum absolute atomic E-state index is 0.465. The first kappa shape index (κ1) is 16.0. The van der Waals surface area contributed by atoms with Crippen LogP contribution >= 0.6 is 0 Å². The molecule has 0 spiro atoms. The zero-order valence-corrected chi connectivity index (χ0v) is 12.4. The Bertz CT molecular complexity index is 451. The van der Waals surface area contributed by atoms with E-state index in [1.807, 2.05) is 11.8 Å². The van der Waals surface area contributed by atoms with Gasteiger partial charge in [-0.05, 0) is 24.6 Å². The number of halogens is 2. The van der Waals surface area contributed by atoms with Crippen LogP contribution in [0, 0.1) is 0 Å². The highest BCUT2D eigenvalue weighted by Crippen LogP contribution is 2.34. The number of alkyl halides is 2. The normalized spacial score (nSPS) is 17.8. The molecule has 21 heavy (non-hydrogen) atoms. The first-order chi connectivity index (χ1) is 10.2. The topological polar surface area (TPSA) is 33.7 Å². The molecule has 0 radical (unpaired) electrons. The quantitative estimate of drug-likeness (QED) is 0.874. The SMILES string of the molecule is CCOc1cc([C@@H](C(F)F)N2CCNCC2)ccc1OC. The molecule has 1 heterocycles. The summed E-state index contributed by atoms with van der Waals surface area (Å²) in [6.45, 7) is 5.02. The van der Waals surface area contributed by atoms with Gasteiger partial charge in [0.05, 0.1) is 19.8 Å². The van der Waals surface area contributed by atoms with Gasteiger partial charge in [-0.1, -0.05) is 6.07 Å². The Balaban J connectivity index is 2.28. The van der Waals surface area contributed by atoms with Crippen molar-refractivity contribution in [2.24, 2.45) is 0 Å². The van der Waals surface area contributed by atoms with E-state index in [0.29, 0.717) is 36.8 Å². The van der Waals surface area contributed by atoms with E-state index in [4.69, 9.17) is 9.47 Å². The van der Waals surface area contributed by atoms with Gasteiger partial charge < -0.3 is 14.8 Å². The van der Waals surface area contributed by atoms with Crippen molar-refractivity contribution in [2.75, 3.05) is 39.9 Å². The van der Waals surface area contributed by atoms with Gasteiger partial charge in [-0.25, -0.2) is 8.78 Å². The second-order valence-electron chi connectivity index (χ2n) is 4.91. The maximum Gasteiger partial charge on any atom is 0.258 e. The van der Waals surface area contributed by atoms with Crippen LogP contribution in [0.5, 0.6) is 11.5 Å². The predicted octanol–water partition coefficient (Wildman–Crippen LogP) is 2.31. The van der Waals surface area contributed by atoms with Gasteiger partial charge in [-0.2, -0.15) is 0 Å². The van der Waals surface area contributed by atoms with Gasteiger partial charge in [0, 0.05) is 26.2 Å². The molecule has 1 aliphatic rings. The van der Waals surface area contributed by atoms with Crippen molar-refractivity contribution in [1.29, 1.82) is 0 Å². The number of methoxy groups -OCH3 is 1. The van der Waals surface area contributed by atoms with E-state index in [0.717, 1.165) is 13.1 Å². The number of rotatable bonds is 6. The lowest BCUT2D eigenvalue weighted by atomic mass is 10.0. The summed E-state index contributed by atoms with van der Waals surface area (Å²) in [7, 11) is 1.54. The molecule has 0 aromatic heterocycles. The van der Waals surface area contributed by atoms with Gasteiger partial charge in [0.15, 0.2) is 11.5 Å². The molecule has 1 aromatic carbocycles. The molecule has 0 bridgehead atoms. The molecule has 4 nitrogen and oxygen atoms in total. The van der Waals surface area contributed by atoms with Crippen LogP contribution in [0.3, 0.4) is 0 Å². The summed E-state index contributed by atoms with van der Waals surface area (Å²) in [6.07, 6.45) is -2.44. The van der Waals surface area contributed by atoms with Crippen LogP contribution in [0.15, 0.2) is 18.2 Å². The molecule has 6 heteroatoms. The van der Waals surface area contributed by atoms with E-state index in [1.165, 1.54) is 0 Å². The van der Waals surface area contributed by atoms with E-state index < -0.39 is 12.5 Å². The summed E-state index contributed by atoms with van der Waals surface area (Å²) < 4.78 is 37.8. The fraction of sp³-hybridized carbons (Fsp3) is 0.600. The largest absolute Gasteiger partial charge is 0.493 e. The molecule has 1 aromatic rings. The number of benzene rings is 1. The summed E-state index contributed by atoms with van der Waals surface area (Å²) in [5.41, 5.74) is 0.566. The number of nitrogens with zero attached hydrogens (tertiary/aromatic N) is 1. The molecule has 0 aliphatic carbocycles. The summed E-state index contributed by atoms with van der Waals surface area (Å²) in [5, 5.41) is 3.18. The first-order valence-corrected chi connectivity index (χ1v) is 7.21. The number of hydrogen-bond acceptors (Lipinski definition) is 4. The van der Waals surface area contributed by atoms with Crippen LogP contribution in [-0.4, -0.2) is 51.2 Å². The molecular weight excluding hydrogens is 278 g/mol. The minimum atomic E-state index is -2.44. The molecule has 1 fully saturated rings. The third kappa shape index (κ3) is 3.83. The number of ether oxygens (including phenoxy) is 2. The predicted molar refractivity (Wildman–Crippen MR) is 77.4 cm³/mol. The Morgan fingerprint density at radius 3 is 2.52 bits per heavy atom. The van der Waals surface area contributed by atoms with Crippen LogP contribution in [-0.2, 0) is 0 Å². The van der Waals surface area contributed by atoms with Gasteiger partial charge >= 0.3 is 0 Å².